The number of carbonyl (C=O) groups is 2. The van der Waals surface area contributed by atoms with Gasteiger partial charge < -0.3 is 10.1 Å². The van der Waals surface area contributed by atoms with Gasteiger partial charge in [-0.1, -0.05) is 36.4 Å². The fraction of sp³-hybridized carbons (Fsp3) is 0.364. The van der Waals surface area contributed by atoms with E-state index in [0.717, 1.165) is 19.3 Å². The summed E-state index contributed by atoms with van der Waals surface area (Å²) in [6.07, 6.45) is 3.26. The van der Waals surface area contributed by atoms with E-state index in [1.165, 1.54) is 11.1 Å². The van der Waals surface area contributed by atoms with Gasteiger partial charge >= 0.3 is 5.97 Å². The summed E-state index contributed by atoms with van der Waals surface area (Å²) in [6.45, 7) is 2.32. The number of ether oxygens (including phenoxy) is 1. The molecule has 3 rings (SSSR count). The molecule has 0 heterocycles. The third-order valence-corrected chi connectivity index (χ3v) is 4.96. The molecular formula is C22H26N2O3. The Morgan fingerprint density at radius 1 is 1.15 bits per heavy atom. The lowest BCUT2D eigenvalue weighted by Gasteiger charge is -2.32. The molecule has 0 aromatic heterocycles. The number of anilines is 1. The molecule has 0 unspecified atom stereocenters. The Kier molecular flexibility index (Phi) is 6.24. The molecule has 142 valence electrons. The van der Waals surface area contributed by atoms with Crippen molar-refractivity contribution < 1.29 is 14.3 Å². The Hall–Kier alpha value is -2.66. The first-order valence-electron chi connectivity index (χ1n) is 9.44. The number of hydrogen-bond acceptors (Lipinski definition) is 4. The van der Waals surface area contributed by atoms with Gasteiger partial charge in [0, 0.05) is 6.04 Å². The average Bonchev–Trinajstić information content (AvgIpc) is 2.68. The highest BCUT2D eigenvalue weighted by atomic mass is 16.5. The number of likely N-dealkylation sites (N-methyl/N-ethyl adjacent to an activating group) is 1. The first kappa shape index (κ1) is 19.1. The number of amides is 1. The predicted molar refractivity (Wildman–Crippen MR) is 106 cm³/mol. The quantitative estimate of drug-likeness (QED) is 0.790. The summed E-state index contributed by atoms with van der Waals surface area (Å²) in [7, 11) is 1.98. The predicted octanol–water partition coefficient (Wildman–Crippen LogP) is 3.81. The fourth-order valence-electron chi connectivity index (χ4n) is 3.69. The molecule has 0 saturated heterocycles. The van der Waals surface area contributed by atoms with Gasteiger partial charge in [0.25, 0.3) is 0 Å². The van der Waals surface area contributed by atoms with Crippen LogP contribution in [0.1, 0.15) is 47.3 Å². The highest BCUT2D eigenvalue weighted by molar-refractivity contribution is 6.01. The Balaban J connectivity index is 1.68. The number of hydrogen-bond donors (Lipinski definition) is 1. The number of nitrogens with zero attached hydrogens (tertiary/aromatic N) is 1. The first-order valence-corrected chi connectivity index (χ1v) is 9.44. The third-order valence-electron chi connectivity index (χ3n) is 4.96. The third kappa shape index (κ3) is 4.55. The van der Waals surface area contributed by atoms with Crippen molar-refractivity contribution in [2.75, 3.05) is 25.5 Å². The molecule has 0 aliphatic heterocycles. The maximum Gasteiger partial charge on any atom is 0.340 e. The van der Waals surface area contributed by atoms with E-state index in [2.05, 4.69) is 34.5 Å². The van der Waals surface area contributed by atoms with Crippen LogP contribution in [-0.4, -0.2) is 37.0 Å². The number of carbonyl (C=O) groups excluding carboxylic acids is 2. The van der Waals surface area contributed by atoms with Gasteiger partial charge in [0.05, 0.1) is 24.4 Å². The second-order valence-corrected chi connectivity index (χ2v) is 6.84. The van der Waals surface area contributed by atoms with Crippen LogP contribution in [0.25, 0.3) is 0 Å². The molecule has 27 heavy (non-hydrogen) atoms. The lowest BCUT2D eigenvalue weighted by Crippen LogP contribution is -2.35. The van der Waals surface area contributed by atoms with Crippen molar-refractivity contribution in [1.29, 1.82) is 0 Å². The van der Waals surface area contributed by atoms with Crippen molar-refractivity contribution in [1.82, 2.24) is 4.90 Å². The van der Waals surface area contributed by atoms with Gasteiger partial charge in [0.2, 0.25) is 5.91 Å². The Bertz CT molecular complexity index is 819. The van der Waals surface area contributed by atoms with Gasteiger partial charge in [0.15, 0.2) is 0 Å². The molecule has 2 aromatic rings. The van der Waals surface area contributed by atoms with Gasteiger partial charge in [-0.3, -0.25) is 9.69 Å². The Morgan fingerprint density at radius 2 is 1.89 bits per heavy atom. The largest absolute Gasteiger partial charge is 0.462 e. The normalized spacial score (nSPS) is 15.9. The van der Waals surface area contributed by atoms with E-state index in [0.29, 0.717) is 17.9 Å². The van der Waals surface area contributed by atoms with E-state index < -0.39 is 5.97 Å². The lowest BCUT2D eigenvalue weighted by atomic mass is 9.87. The summed E-state index contributed by atoms with van der Waals surface area (Å²) in [4.78, 5) is 26.8. The van der Waals surface area contributed by atoms with E-state index in [1.807, 2.05) is 7.05 Å². The highest BCUT2D eigenvalue weighted by Crippen LogP contribution is 2.33. The minimum Gasteiger partial charge on any atom is -0.462 e. The first-order chi connectivity index (χ1) is 13.1. The standard InChI is InChI=1S/C22H26N2O3/c1-3-27-22(26)18-12-6-7-13-19(18)23-21(25)15-24(2)20-14-8-10-16-9-4-5-11-17(16)20/h4-7,9,11-13,20H,3,8,10,14-15H2,1-2H3,(H,23,25)/t20-/m1/s1. The van der Waals surface area contributed by atoms with Gasteiger partial charge in [-0.15, -0.1) is 0 Å². The molecule has 1 aliphatic rings. The van der Waals surface area contributed by atoms with E-state index >= 15 is 0 Å². The zero-order chi connectivity index (χ0) is 19.2. The second-order valence-electron chi connectivity index (χ2n) is 6.84. The molecule has 2 aromatic carbocycles. The molecule has 0 fully saturated rings. The van der Waals surface area contributed by atoms with Crippen molar-refractivity contribution in [3.63, 3.8) is 0 Å². The Morgan fingerprint density at radius 3 is 2.70 bits per heavy atom. The van der Waals surface area contributed by atoms with Crippen LogP contribution >= 0.6 is 0 Å². The minimum atomic E-state index is -0.428. The van der Waals surface area contributed by atoms with Crippen LogP contribution in [0, 0.1) is 0 Å². The van der Waals surface area contributed by atoms with E-state index in [-0.39, 0.29) is 18.5 Å². The fourth-order valence-corrected chi connectivity index (χ4v) is 3.69. The van der Waals surface area contributed by atoms with Gasteiger partial charge in [-0.05, 0) is 56.5 Å². The van der Waals surface area contributed by atoms with Gasteiger partial charge in [-0.2, -0.15) is 0 Å². The lowest BCUT2D eigenvalue weighted by molar-refractivity contribution is -0.117. The van der Waals surface area contributed by atoms with Crippen LogP contribution in [0.4, 0.5) is 5.69 Å². The number of para-hydroxylation sites is 1. The zero-order valence-electron chi connectivity index (χ0n) is 15.9. The summed E-state index contributed by atoms with van der Waals surface area (Å²) in [5, 5.41) is 2.86. The summed E-state index contributed by atoms with van der Waals surface area (Å²) >= 11 is 0. The number of nitrogens with one attached hydrogen (secondary N) is 1. The van der Waals surface area contributed by atoms with Crippen molar-refractivity contribution >= 4 is 17.6 Å². The monoisotopic (exact) mass is 366 g/mol. The number of esters is 1. The van der Waals surface area contributed by atoms with Crippen molar-refractivity contribution in [2.45, 2.75) is 32.2 Å². The van der Waals surface area contributed by atoms with Crippen LogP contribution in [0.15, 0.2) is 48.5 Å². The van der Waals surface area contributed by atoms with Crippen LogP contribution < -0.4 is 5.32 Å². The highest BCUT2D eigenvalue weighted by Gasteiger charge is 2.25. The molecule has 5 heteroatoms. The van der Waals surface area contributed by atoms with E-state index in [4.69, 9.17) is 4.74 Å². The summed E-state index contributed by atoms with van der Waals surface area (Å²) < 4.78 is 5.06. The molecule has 1 amide bonds. The number of benzene rings is 2. The molecule has 1 N–H and O–H groups in total. The molecule has 1 aliphatic carbocycles. The van der Waals surface area contributed by atoms with Crippen LogP contribution in [-0.2, 0) is 16.0 Å². The van der Waals surface area contributed by atoms with Crippen molar-refractivity contribution in [3.8, 4) is 0 Å². The van der Waals surface area contributed by atoms with Crippen molar-refractivity contribution in [2.24, 2.45) is 0 Å². The summed E-state index contributed by atoms with van der Waals surface area (Å²) in [5.74, 6) is -0.569. The molecular weight excluding hydrogens is 340 g/mol. The molecule has 0 radical (unpaired) electrons. The number of rotatable bonds is 6. The van der Waals surface area contributed by atoms with Gasteiger partial charge in [-0.25, -0.2) is 4.79 Å². The van der Waals surface area contributed by atoms with E-state index in [9.17, 15) is 9.59 Å². The molecule has 5 nitrogen and oxygen atoms in total. The minimum absolute atomic E-state index is 0.141. The van der Waals surface area contributed by atoms with Crippen LogP contribution in [0.3, 0.4) is 0 Å². The topological polar surface area (TPSA) is 58.6 Å². The van der Waals surface area contributed by atoms with Crippen LogP contribution in [0.2, 0.25) is 0 Å². The molecule has 1 atom stereocenters. The molecule has 0 spiro atoms. The second kappa shape index (κ2) is 8.82. The number of fused-ring (bicyclic) bond motifs is 1. The Labute approximate surface area is 160 Å². The maximum absolute atomic E-state index is 12.6. The zero-order valence-corrected chi connectivity index (χ0v) is 15.9. The summed E-state index contributed by atoms with van der Waals surface area (Å²) in [5.41, 5.74) is 3.54. The van der Waals surface area contributed by atoms with Crippen molar-refractivity contribution in [3.05, 3.63) is 65.2 Å². The SMILES string of the molecule is CCOC(=O)c1ccccc1NC(=O)CN(C)[C@@H]1CCCc2ccccc21. The average molecular weight is 366 g/mol. The van der Waals surface area contributed by atoms with Gasteiger partial charge in [0.1, 0.15) is 0 Å². The van der Waals surface area contributed by atoms with Crippen LogP contribution in [0.5, 0.6) is 0 Å². The smallest absolute Gasteiger partial charge is 0.340 e. The number of aryl methyl sites for hydroxylation is 1. The maximum atomic E-state index is 12.6. The summed E-state index contributed by atoms with van der Waals surface area (Å²) in [6, 6.07) is 15.6. The molecule has 0 saturated carbocycles. The van der Waals surface area contributed by atoms with E-state index in [1.54, 1.807) is 31.2 Å². The molecule has 0 bridgehead atoms.